The van der Waals surface area contributed by atoms with E-state index in [0.717, 1.165) is 34.0 Å². The first-order valence-corrected chi connectivity index (χ1v) is 8.66. The fourth-order valence-corrected chi connectivity index (χ4v) is 5.45. The Hall–Kier alpha value is -0.760. The van der Waals surface area contributed by atoms with Crippen LogP contribution in [0.1, 0.15) is 20.7 Å². The van der Waals surface area contributed by atoms with Crippen LogP contribution < -0.4 is 0 Å². The molecule has 0 amide bonds. The summed E-state index contributed by atoms with van der Waals surface area (Å²) in [6.07, 6.45) is 0.841. The van der Waals surface area contributed by atoms with Crippen molar-refractivity contribution in [2.24, 2.45) is 0 Å². The molecule has 0 aliphatic carbocycles. The molecule has 0 atom stereocenters. The van der Waals surface area contributed by atoms with Crippen molar-refractivity contribution in [2.45, 2.75) is 0 Å². The lowest BCUT2D eigenvalue weighted by Crippen LogP contribution is -2.02. The number of rotatable bonds is 2. The van der Waals surface area contributed by atoms with Crippen LogP contribution in [-0.4, -0.2) is 19.4 Å². The molecule has 0 bridgehead atoms. The fourth-order valence-electron chi connectivity index (χ4n) is 2.16. The normalized spacial score (nSPS) is 11.2. The van der Waals surface area contributed by atoms with Crippen LogP contribution in [0.4, 0.5) is 0 Å². The second-order valence-electron chi connectivity index (χ2n) is 3.98. The van der Waals surface area contributed by atoms with E-state index in [1.807, 2.05) is 12.1 Å². The summed E-state index contributed by atoms with van der Waals surface area (Å²) in [6.45, 7) is 0. The lowest BCUT2D eigenvalue weighted by molar-refractivity contribution is 0.0605. The number of fused-ring (bicyclic) bond motifs is 2. The molecule has 0 fully saturated rings. The van der Waals surface area contributed by atoms with E-state index in [-0.39, 0.29) is 0 Å². The quantitative estimate of drug-likeness (QED) is 0.410. The van der Waals surface area contributed by atoms with Gasteiger partial charge in [0.15, 0.2) is 6.29 Å². The van der Waals surface area contributed by atoms with Gasteiger partial charge in [-0.15, -0.1) is 22.7 Å². The topological polar surface area (TPSA) is 43.4 Å². The average molecular weight is 434 g/mol. The number of halogens is 2. The number of hydrogen-bond acceptors (Lipinski definition) is 5. The standard InChI is InChI=1S/C13H6Br2O3S2/c1-18-13(17)10-6-3-9(15)19-11(6)7(4-16)5-2-8(14)20-12(5)10/h2-4H,1H3. The molecular formula is C13H6Br2O3S2. The maximum atomic E-state index is 12.1. The molecule has 3 aromatic rings. The zero-order valence-electron chi connectivity index (χ0n) is 10.0. The molecule has 2 heterocycles. The van der Waals surface area contributed by atoms with Gasteiger partial charge in [0.1, 0.15) is 0 Å². The first-order valence-electron chi connectivity index (χ1n) is 5.44. The Morgan fingerprint density at radius 3 is 2.35 bits per heavy atom. The molecule has 20 heavy (non-hydrogen) atoms. The molecule has 0 radical (unpaired) electrons. The van der Waals surface area contributed by atoms with E-state index < -0.39 is 5.97 Å². The van der Waals surface area contributed by atoms with Crippen molar-refractivity contribution in [1.82, 2.24) is 0 Å². The first kappa shape index (κ1) is 14.2. The number of carbonyl (C=O) groups is 2. The third-order valence-corrected chi connectivity index (χ3v) is 6.27. The highest BCUT2D eigenvalue weighted by Crippen LogP contribution is 2.43. The summed E-state index contributed by atoms with van der Waals surface area (Å²) in [4.78, 5) is 23.6. The molecule has 0 spiro atoms. The Balaban J connectivity index is 2.61. The summed E-state index contributed by atoms with van der Waals surface area (Å²) < 4.78 is 8.21. The number of ether oxygens (including phenoxy) is 1. The van der Waals surface area contributed by atoms with Crippen molar-refractivity contribution < 1.29 is 14.3 Å². The molecule has 0 aliphatic rings. The third kappa shape index (κ3) is 2.04. The molecule has 0 unspecified atom stereocenters. The second-order valence-corrected chi connectivity index (χ2v) is 8.85. The van der Waals surface area contributed by atoms with Crippen LogP contribution in [0.2, 0.25) is 0 Å². The monoisotopic (exact) mass is 432 g/mol. The minimum atomic E-state index is -0.392. The summed E-state index contributed by atoms with van der Waals surface area (Å²) in [5.74, 6) is -0.392. The maximum Gasteiger partial charge on any atom is 0.339 e. The van der Waals surface area contributed by atoms with Gasteiger partial charge in [0.05, 0.1) is 24.9 Å². The molecule has 0 saturated carbocycles. The summed E-state index contributed by atoms with van der Waals surface area (Å²) in [5, 5.41) is 1.52. The number of hydrogen-bond donors (Lipinski definition) is 0. The van der Waals surface area contributed by atoms with E-state index >= 15 is 0 Å². The van der Waals surface area contributed by atoms with Crippen molar-refractivity contribution in [1.29, 1.82) is 0 Å². The SMILES string of the molecule is COC(=O)c1c2cc(Br)sc2c(C=O)c2cc(Br)sc12. The molecule has 3 rings (SSSR count). The summed E-state index contributed by atoms with van der Waals surface area (Å²) in [7, 11) is 1.36. The second kappa shape index (κ2) is 5.22. The lowest BCUT2D eigenvalue weighted by atomic mass is 10.0. The highest BCUT2D eigenvalue weighted by atomic mass is 79.9. The van der Waals surface area contributed by atoms with Gasteiger partial charge in [0.25, 0.3) is 0 Å². The number of benzene rings is 1. The Labute approximate surface area is 138 Å². The van der Waals surface area contributed by atoms with Gasteiger partial charge in [-0.1, -0.05) is 0 Å². The smallest absolute Gasteiger partial charge is 0.339 e. The molecule has 1 aromatic carbocycles. The van der Waals surface area contributed by atoms with Crippen molar-refractivity contribution >= 4 is 87.0 Å². The predicted molar refractivity (Wildman–Crippen MR) is 89.3 cm³/mol. The third-order valence-electron chi connectivity index (χ3n) is 2.94. The molecule has 102 valence electrons. The van der Waals surface area contributed by atoms with E-state index in [2.05, 4.69) is 31.9 Å². The Morgan fingerprint density at radius 1 is 1.15 bits per heavy atom. The van der Waals surface area contributed by atoms with Gasteiger partial charge in [0, 0.05) is 21.0 Å². The van der Waals surface area contributed by atoms with Crippen molar-refractivity contribution in [3.8, 4) is 0 Å². The molecule has 2 aromatic heterocycles. The van der Waals surface area contributed by atoms with Crippen LogP contribution in [-0.2, 0) is 4.74 Å². The Kier molecular flexibility index (Phi) is 3.70. The van der Waals surface area contributed by atoms with Crippen LogP contribution in [0.25, 0.3) is 20.2 Å². The Morgan fingerprint density at radius 2 is 1.75 bits per heavy atom. The summed E-state index contributed by atoms with van der Waals surface area (Å²) in [6, 6.07) is 3.72. The minimum absolute atomic E-state index is 0.392. The van der Waals surface area contributed by atoms with Gasteiger partial charge in [-0.25, -0.2) is 4.79 Å². The predicted octanol–water partition coefficient (Wildman–Crippen LogP) is 5.24. The highest BCUT2D eigenvalue weighted by molar-refractivity contribution is 9.11. The van der Waals surface area contributed by atoms with Crippen LogP contribution in [0.5, 0.6) is 0 Å². The van der Waals surface area contributed by atoms with Gasteiger partial charge in [-0.3, -0.25) is 4.79 Å². The van der Waals surface area contributed by atoms with E-state index in [1.165, 1.54) is 29.8 Å². The molecule has 0 aliphatic heterocycles. The van der Waals surface area contributed by atoms with Crippen LogP contribution >= 0.6 is 54.5 Å². The molecule has 0 saturated heterocycles. The van der Waals surface area contributed by atoms with Crippen molar-refractivity contribution in [3.63, 3.8) is 0 Å². The number of methoxy groups -OCH3 is 1. The van der Waals surface area contributed by atoms with E-state index in [1.54, 1.807) is 0 Å². The average Bonchev–Trinajstić information content (AvgIpc) is 2.96. The zero-order valence-corrected chi connectivity index (χ0v) is 14.8. The molecule has 3 nitrogen and oxygen atoms in total. The molecule has 7 heteroatoms. The summed E-state index contributed by atoms with van der Waals surface area (Å²) >= 11 is 9.69. The molecule has 0 N–H and O–H groups in total. The Bertz CT molecular complexity index is 806. The van der Waals surface area contributed by atoms with Gasteiger partial charge in [-0.2, -0.15) is 0 Å². The molecular weight excluding hydrogens is 428 g/mol. The van der Waals surface area contributed by atoms with Gasteiger partial charge >= 0.3 is 5.97 Å². The lowest BCUT2D eigenvalue weighted by Gasteiger charge is -2.05. The summed E-state index contributed by atoms with van der Waals surface area (Å²) in [5.41, 5.74) is 1.13. The number of carbonyl (C=O) groups excluding carboxylic acids is 2. The maximum absolute atomic E-state index is 12.1. The van der Waals surface area contributed by atoms with Crippen molar-refractivity contribution in [2.75, 3.05) is 7.11 Å². The van der Waals surface area contributed by atoms with E-state index in [4.69, 9.17) is 4.74 Å². The van der Waals surface area contributed by atoms with Gasteiger partial charge in [-0.05, 0) is 44.0 Å². The van der Waals surface area contributed by atoms with Gasteiger partial charge in [0.2, 0.25) is 0 Å². The fraction of sp³-hybridized carbons (Fsp3) is 0.0769. The largest absolute Gasteiger partial charge is 0.465 e. The van der Waals surface area contributed by atoms with Crippen LogP contribution in [0.3, 0.4) is 0 Å². The van der Waals surface area contributed by atoms with Crippen molar-refractivity contribution in [3.05, 3.63) is 30.8 Å². The highest BCUT2D eigenvalue weighted by Gasteiger charge is 2.23. The first-order chi connectivity index (χ1) is 9.56. The van der Waals surface area contributed by atoms with E-state index in [0.29, 0.717) is 11.1 Å². The zero-order chi connectivity index (χ0) is 14.4. The van der Waals surface area contributed by atoms with Crippen LogP contribution in [0, 0.1) is 0 Å². The number of aldehydes is 1. The van der Waals surface area contributed by atoms with Crippen LogP contribution in [0.15, 0.2) is 19.7 Å². The van der Waals surface area contributed by atoms with Gasteiger partial charge < -0.3 is 4.74 Å². The number of thiophene rings is 2. The van der Waals surface area contributed by atoms with E-state index in [9.17, 15) is 9.59 Å². The number of esters is 1. The minimum Gasteiger partial charge on any atom is -0.465 e.